The Morgan fingerprint density at radius 1 is 1.50 bits per heavy atom. The van der Waals surface area contributed by atoms with Crippen LogP contribution in [0.1, 0.15) is 24.5 Å². The number of hydrogen-bond donors (Lipinski definition) is 0. The van der Waals surface area contributed by atoms with E-state index in [-0.39, 0.29) is 12.5 Å². The summed E-state index contributed by atoms with van der Waals surface area (Å²) in [5, 5.41) is 0. The second-order valence-electron chi connectivity index (χ2n) is 3.31. The van der Waals surface area contributed by atoms with Gasteiger partial charge < -0.3 is 9.47 Å². The lowest BCUT2D eigenvalue weighted by Gasteiger charge is -2.10. The second-order valence-corrected chi connectivity index (χ2v) is 3.31. The minimum atomic E-state index is -2.93. The van der Waals surface area contributed by atoms with Gasteiger partial charge in [0, 0.05) is 17.2 Å². The third-order valence-corrected chi connectivity index (χ3v) is 2.16. The van der Waals surface area contributed by atoms with Crippen molar-refractivity contribution >= 4 is 5.97 Å². The zero-order valence-electron chi connectivity index (χ0n) is 9.87. The largest absolute Gasteiger partial charge is 0.481 e. The molecule has 0 aliphatic carbocycles. The molecule has 0 aromatic carbocycles. The molecule has 0 spiro atoms. The lowest BCUT2D eigenvalue weighted by molar-refractivity contribution is -0.142. The van der Waals surface area contributed by atoms with Gasteiger partial charge in [0.1, 0.15) is 0 Å². The standard InChI is InChI=1S/C11H12F3NO3/c1-3-18-9(16)5-7-6(10(12)13)4-8(17-2)15-11(7)14/h4,10H,3,5H2,1-2H3. The Kier molecular flexibility index (Phi) is 4.94. The van der Waals surface area contributed by atoms with Crippen LogP contribution in [0.4, 0.5) is 13.2 Å². The number of methoxy groups -OCH3 is 1. The van der Waals surface area contributed by atoms with Crippen molar-refractivity contribution in [3.63, 3.8) is 0 Å². The monoisotopic (exact) mass is 263 g/mol. The number of carbonyl (C=O) groups excluding carboxylic acids is 1. The Hall–Kier alpha value is -1.79. The molecule has 1 rings (SSSR count). The number of aromatic nitrogens is 1. The quantitative estimate of drug-likeness (QED) is 0.604. The first-order valence-electron chi connectivity index (χ1n) is 5.16. The maximum Gasteiger partial charge on any atom is 0.310 e. The lowest BCUT2D eigenvalue weighted by atomic mass is 10.1. The Balaban J connectivity index is 3.12. The molecule has 0 fully saturated rings. The summed E-state index contributed by atoms with van der Waals surface area (Å²) in [7, 11) is 1.18. The Morgan fingerprint density at radius 2 is 2.17 bits per heavy atom. The smallest absolute Gasteiger partial charge is 0.310 e. The molecule has 100 valence electrons. The van der Waals surface area contributed by atoms with Crippen molar-refractivity contribution in [1.82, 2.24) is 4.98 Å². The molecule has 0 bridgehead atoms. The SMILES string of the molecule is CCOC(=O)Cc1c(C(F)F)cc(OC)nc1F. The molecule has 0 radical (unpaired) electrons. The van der Waals surface area contributed by atoms with Crippen molar-refractivity contribution in [2.75, 3.05) is 13.7 Å². The van der Waals surface area contributed by atoms with E-state index in [1.807, 2.05) is 0 Å². The molecular formula is C11H12F3NO3. The lowest BCUT2D eigenvalue weighted by Crippen LogP contribution is -2.12. The molecule has 1 aromatic heterocycles. The van der Waals surface area contributed by atoms with Crippen LogP contribution in [0.25, 0.3) is 0 Å². The zero-order chi connectivity index (χ0) is 13.7. The van der Waals surface area contributed by atoms with Crippen LogP contribution in [-0.4, -0.2) is 24.7 Å². The van der Waals surface area contributed by atoms with E-state index < -0.39 is 35.9 Å². The molecule has 0 aliphatic rings. The maximum absolute atomic E-state index is 13.5. The van der Waals surface area contributed by atoms with Crippen molar-refractivity contribution in [3.05, 3.63) is 23.1 Å². The van der Waals surface area contributed by atoms with Crippen molar-refractivity contribution < 1.29 is 27.4 Å². The molecule has 1 aromatic rings. The van der Waals surface area contributed by atoms with Crippen LogP contribution in [0.15, 0.2) is 6.07 Å². The fraction of sp³-hybridized carbons (Fsp3) is 0.455. The van der Waals surface area contributed by atoms with Crippen LogP contribution in [0, 0.1) is 5.95 Å². The van der Waals surface area contributed by atoms with Crippen LogP contribution >= 0.6 is 0 Å². The van der Waals surface area contributed by atoms with Gasteiger partial charge in [0.2, 0.25) is 11.8 Å². The van der Waals surface area contributed by atoms with Crippen molar-refractivity contribution in [2.45, 2.75) is 19.8 Å². The summed E-state index contributed by atoms with van der Waals surface area (Å²) >= 11 is 0. The fourth-order valence-electron chi connectivity index (χ4n) is 1.37. The molecule has 0 saturated carbocycles. The summed E-state index contributed by atoms with van der Waals surface area (Å²) in [5.41, 5.74) is -1.09. The molecular weight excluding hydrogens is 251 g/mol. The van der Waals surface area contributed by atoms with E-state index in [1.165, 1.54) is 7.11 Å². The summed E-state index contributed by atoms with van der Waals surface area (Å²) in [6.45, 7) is 1.66. The number of ether oxygens (including phenoxy) is 2. The van der Waals surface area contributed by atoms with Crippen LogP contribution in [0.2, 0.25) is 0 Å². The van der Waals surface area contributed by atoms with Crippen LogP contribution in [-0.2, 0) is 16.0 Å². The van der Waals surface area contributed by atoms with E-state index in [9.17, 15) is 18.0 Å². The summed E-state index contributed by atoms with van der Waals surface area (Å²) in [5.74, 6) is -2.21. The zero-order valence-corrected chi connectivity index (χ0v) is 9.87. The molecule has 4 nitrogen and oxygen atoms in total. The highest BCUT2D eigenvalue weighted by atomic mass is 19.3. The Bertz CT molecular complexity index is 438. The normalized spacial score (nSPS) is 10.6. The molecule has 1 heterocycles. The number of halogens is 3. The van der Waals surface area contributed by atoms with Crippen molar-refractivity contribution in [3.8, 4) is 5.88 Å². The number of esters is 1. The predicted octanol–water partition coefficient (Wildman–Crippen LogP) is 2.27. The van der Waals surface area contributed by atoms with E-state index in [0.29, 0.717) is 0 Å². The van der Waals surface area contributed by atoms with E-state index in [2.05, 4.69) is 14.5 Å². The average Bonchev–Trinajstić information content (AvgIpc) is 2.31. The van der Waals surface area contributed by atoms with E-state index >= 15 is 0 Å². The number of alkyl halides is 2. The van der Waals surface area contributed by atoms with Gasteiger partial charge in [-0.1, -0.05) is 0 Å². The highest BCUT2D eigenvalue weighted by Gasteiger charge is 2.22. The highest BCUT2D eigenvalue weighted by Crippen LogP contribution is 2.28. The van der Waals surface area contributed by atoms with Gasteiger partial charge in [-0.2, -0.15) is 9.37 Å². The first kappa shape index (κ1) is 14.3. The predicted molar refractivity (Wildman–Crippen MR) is 56.0 cm³/mol. The van der Waals surface area contributed by atoms with Crippen LogP contribution in [0.5, 0.6) is 5.88 Å². The first-order valence-corrected chi connectivity index (χ1v) is 5.16. The van der Waals surface area contributed by atoms with Gasteiger partial charge in [-0.3, -0.25) is 4.79 Å². The number of rotatable bonds is 5. The van der Waals surface area contributed by atoms with Gasteiger partial charge in [0.15, 0.2) is 0 Å². The molecule has 0 amide bonds. The summed E-state index contributed by atoms with van der Waals surface area (Å²) < 4.78 is 48.2. The molecule has 0 unspecified atom stereocenters. The van der Waals surface area contributed by atoms with E-state index in [4.69, 9.17) is 0 Å². The molecule has 7 heteroatoms. The van der Waals surface area contributed by atoms with Gasteiger partial charge >= 0.3 is 5.97 Å². The van der Waals surface area contributed by atoms with Crippen LogP contribution in [0.3, 0.4) is 0 Å². The van der Waals surface area contributed by atoms with Gasteiger partial charge in [0.25, 0.3) is 6.43 Å². The molecule has 0 aliphatic heterocycles. The Labute approximate surface area is 102 Å². The van der Waals surface area contributed by atoms with Crippen molar-refractivity contribution in [2.24, 2.45) is 0 Å². The number of carbonyl (C=O) groups is 1. The highest BCUT2D eigenvalue weighted by molar-refractivity contribution is 5.73. The maximum atomic E-state index is 13.5. The molecule has 0 atom stereocenters. The number of hydrogen-bond acceptors (Lipinski definition) is 4. The topological polar surface area (TPSA) is 48.4 Å². The minimum Gasteiger partial charge on any atom is -0.481 e. The van der Waals surface area contributed by atoms with Crippen molar-refractivity contribution in [1.29, 1.82) is 0 Å². The fourth-order valence-corrected chi connectivity index (χ4v) is 1.37. The third-order valence-electron chi connectivity index (χ3n) is 2.16. The number of pyridine rings is 1. The molecule has 0 N–H and O–H groups in total. The van der Waals surface area contributed by atoms with E-state index in [0.717, 1.165) is 6.07 Å². The van der Waals surface area contributed by atoms with Crippen LogP contribution < -0.4 is 4.74 Å². The third kappa shape index (κ3) is 3.35. The van der Waals surface area contributed by atoms with Gasteiger partial charge in [-0.15, -0.1) is 0 Å². The minimum absolute atomic E-state index is 0.0913. The first-order chi connectivity index (χ1) is 8.49. The summed E-state index contributed by atoms with van der Waals surface area (Å²) in [6, 6.07) is 0.905. The van der Waals surface area contributed by atoms with Gasteiger partial charge in [0.05, 0.1) is 20.1 Å². The van der Waals surface area contributed by atoms with Gasteiger partial charge in [-0.05, 0) is 6.92 Å². The summed E-state index contributed by atoms with van der Waals surface area (Å²) in [6.07, 6.45) is -3.52. The van der Waals surface area contributed by atoms with Gasteiger partial charge in [-0.25, -0.2) is 8.78 Å². The summed E-state index contributed by atoms with van der Waals surface area (Å²) in [4.78, 5) is 14.5. The average molecular weight is 263 g/mol. The Morgan fingerprint density at radius 3 is 2.67 bits per heavy atom. The number of nitrogens with zero attached hydrogens (tertiary/aromatic N) is 1. The van der Waals surface area contributed by atoms with E-state index in [1.54, 1.807) is 6.92 Å². The molecule has 18 heavy (non-hydrogen) atoms. The second kappa shape index (κ2) is 6.23. The molecule has 0 saturated heterocycles.